The molecule has 7 heterocycles. The largest absolute Gasteiger partial charge is 0.309 e. The Morgan fingerprint density at radius 1 is 0.194 bits per heavy atom. The van der Waals surface area contributed by atoms with E-state index in [4.69, 9.17) is 19.9 Å². The Kier molecular flexibility index (Phi) is 14.4. The van der Waals surface area contributed by atoms with E-state index in [1.165, 1.54) is 132 Å². The van der Waals surface area contributed by atoms with Crippen LogP contribution in [0.4, 0.5) is 0 Å². The molecule has 0 saturated carbocycles. The van der Waals surface area contributed by atoms with Crippen LogP contribution >= 0.6 is 0 Å². The topological polar surface area (TPSA) is 71.3 Å². The second kappa shape index (κ2) is 25.3. The van der Waals surface area contributed by atoms with Gasteiger partial charge < -0.3 is 18.3 Å². The van der Waals surface area contributed by atoms with Crippen molar-refractivity contribution >= 4 is 87.2 Å². The van der Waals surface area contributed by atoms with E-state index in [0.717, 1.165) is 117 Å². The van der Waals surface area contributed by atoms with E-state index in [9.17, 15) is 0 Å². The van der Waals surface area contributed by atoms with Gasteiger partial charge in [0.25, 0.3) is 0 Å². The highest BCUT2D eigenvalue weighted by Gasteiger charge is 2.42. The predicted molar refractivity (Wildman–Crippen MR) is 512 cm³/mol. The van der Waals surface area contributed by atoms with Crippen LogP contribution in [-0.4, -0.2) is 38.2 Å². The van der Waals surface area contributed by atoms with Gasteiger partial charge in [0.05, 0.1) is 90.7 Å². The minimum absolute atomic E-state index is 0.244. The number of hydrogen-bond donors (Lipinski definition) is 0. The summed E-state index contributed by atoms with van der Waals surface area (Å²) < 4.78 is 10.1. The first-order valence-electron chi connectivity index (χ1n) is 43.4. The summed E-state index contributed by atoms with van der Waals surface area (Å²) >= 11 is 0. The van der Waals surface area contributed by atoms with Gasteiger partial charge in [0.2, 0.25) is 0 Å². The molecule has 7 aromatic heterocycles. The Bertz CT molecular complexity index is 8030. The van der Waals surface area contributed by atoms with E-state index in [-0.39, 0.29) is 21.7 Å². The summed E-state index contributed by atoms with van der Waals surface area (Å²) in [5.41, 5.74) is 41.3. The fourth-order valence-electron chi connectivity index (χ4n) is 22.9. The van der Waals surface area contributed by atoms with Crippen LogP contribution in [0.1, 0.15) is 99.9 Å². The van der Waals surface area contributed by atoms with Crippen LogP contribution in [0.5, 0.6) is 0 Å². The van der Waals surface area contributed by atoms with Gasteiger partial charge in [-0.15, -0.1) is 0 Å². The minimum Gasteiger partial charge on any atom is -0.309 e. The molecule has 26 rings (SSSR count). The zero-order valence-electron chi connectivity index (χ0n) is 70.1. The van der Waals surface area contributed by atoms with Crippen molar-refractivity contribution in [3.8, 4) is 123 Å². The monoisotopic (exact) mass is 1590 g/mol. The summed E-state index contributed by atoms with van der Waals surface area (Å²) in [5, 5.41) is 9.53. The SMILES string of the molecule is CC1(C)c2ccccc2-c2cc3c4ccccc4n(-c4ccc(-c5cc(-c6ccccc6)nc(-c6ccc(-n7c8ccccc8c8cc9c(cc87)C(C)(C)c7ccccc7-9)c(-c7ccncc7-n7c8ccccc8c8cc9c(cc87)C(C)(C)c7ccccc7-9)c6)n5)cc4-c4ccncc4-n4c5ccccc5c5cc6c(cc54)C(C)(C)c4ccccc4-6)c3cc21. The molecule has 0 atom stereocenters. The maximum Gasteiger partial charge on any atom is 0.160 e. The minimum atomic E-state index is -0.256. The number of rotatable bonds is 9. The van der Waals surface area contributed by atoms with Gasteiger partial charge in [0.15, 0.2) is 5.82 Å². The summed E-state index contributed by atoms with van der Waals surface area (Å²) in [6.45, 7) is 19.1. The Balaban J connectivity index is 0.730. The number of benzene rings is 15. The molecule has 124 heavy (non-hydrogen) atoms. The molecule has 0 N–H and O–H groups in total. The lowest BCUT2D eigenvalue weighted by molar-refractivity contribution is 0.661. The number of para-hydroxylation sites is 4. The molecule has 0 saturated heterocycles. The summed E-state index contributed by atoms with van der Waals surface area (Å²) in [6, 6.07) is 123. The van der Waals surface area contributed by atoms with E-state index >= 15 is 0 Å². The van der Waals surface area contributed by atoms with E-state index in [2.05, 4.69) is 414 Å². The van der Waals surface area contributed by atoms with Crippen LogP contribution in [0.2, 0.25) is 0 Å². The molecule has 0 spiro atoms. The molecule has 8 heteroatoms. The Labute approximate surface area is 718 Å². The van der Waals surface area contributed by atoms with Crippen molar-refractivity contribution in [3.05, 3.63) is 397 Å². The first-order chi connectivity index (χ1) is 60.5. The van der Waals surface area contributed by atoms with E-state index in [1.807, 2.05) is 12.4 Å². The van der Waals surface area contributed by atoms with Crippen LogP contribution < -0.4 is 0 Å². The second-order valence-corrected chi connectivity index (χ2v) is 36.8. The maximum atomic E-state index is 5.98. The van der Waals surface area contributed by atoms with Crippen molar-refractivity contribution < 1.29 is 0 Å². The molecule has 0 bridgehead atoms. The van der Waals surface area contributed by atoms with E-state index in [1.54, 1.807) is 0 Å². The van der Waals surface area contributed by atoms with Gasteiger partial charge in [-0.05, 0) is 210 Å². The molecule has 0 unspecified atom stereocenters. The average molecular weight is 1590 g/mol. The summed E-state index contributed by atoms with van der Waals surface area (Å²) in [4.78, 5) is 22.0. The number of pyridine rings is 2. The first-order valence-corrected chi connectivity index (χ1v) is 43.4. The van der Waals surface area contributed by atoms with Crippen molar-refractivity contribution in [2.24, 2.45) is 0 Å². The van der Waals surface area contributed by atoms with Gasteiger partial charge >= 0.3 is 0 Å². The molecule has 0 aliphatic heterocycles. The first kappa shape index (κ1) is 70.7. The van der Waals surface area contributed by atoms with Crippen LogP contribution in [0, 0.1) is 0 Å². The average Bonchev–Trinajstić information content (AvgIpc) is 1.56. The number of hydrogen-bond acceptors (Lipinski definition) is 4. The highest BCUT2D eigenvalue weighted by atomic mass is 15.0. The lowest BCUT2D eigenvalue weighted by atomic mass is 9.82. The predicted octanol–water partition coefficient (Wildman–Crippen LogP) is 29.2. The highest BCUT2D eigenvalue weighted by Crippen LogP contribution is 2.58. The van der Waals surface area contributed by atoms with Crippen LogP contribution in [0.25, 0.3) is 211 Å². The molecule has 0 radical (unpaired) electrons. The van der Waals surface area contributed by atoms with Gasteiger partial charge in [-0.3, -0.25) is 9.97 Å². The smallest absolute Gasteiger partial charge is 0.160 e. The maximum absolute atomic E-state index is 5.98. The molecule has 4 aliphatic rings. The van der Waals surface area contributed by atoms with Gasteiger partial charge in [0, 0.05) is 116 Å². The summed E-state index contributed by atoms with van der Waals surface area (Å²) in [7, 11) is 0. The normalized spacial score (nSPS) is 14.5. The van der Waals surface area contributed by atoms with Crippen molar-refractivity contribution in [2.45, 2.75) is 77.0 Å². The van der Waals surface area contributed by atoms with Gasteiger partial charge in [0.1, 0.15) is 0 Å². The van der Waals surface area contributed by atoms with Crippen molar-refractivity contribution in [1.82, 2.24) is 38.2 Å². The number of fused-ring (bicyclic) bond motifs is 24. The molecule has 0 fully saturated rings. The third-order valence-corrected chi connectivity index (χ3v) is 29.0. The summed E-state index contributed by atoms with van der Waals surface area (Å²) in [5.74, 6) is 0.589. The fraction of sp³-hybridized carbons (Fsp3) is 0.103. The quantitative estimate of drug-likeness (QED) is 0.144. The molecular formula is C116H82N8. The molecule has 15 aromatic carbocycles. The Morgan fingerprint density at radius 2 is 0.492 bits per heavy atom. The van der Waals surface area contributed by atoms with Crippen molar-refractivity contribution in [3.63, 3.8) is 0 Å². The zero-order chi connectivity index (χ0) is 82.7. The van der Waals surface area contributed by atoms with Gasteiger partial charge in [-0.25, -0.2) is 9.97 Å². The number of aromatic nitrogens is 8. The van der Waals surface area contributed by atoms with Crippen LogP contribution in [-0.2, 0) is 21.7 Å². The Morgan fingerprint density at radius 3 is 0.855 bits per heavy atom. The van der Waals surface area contributed by atoms with Crippen molar-refractivity contribution in [1.29, 1.82) is 0 Å². The van der Waals surface area contributed by atoms with Crippen LogP contribution in [0.3, 0.4) is 0 Å². The van der Waals surface area contributed by atoms with Crippen LogP contribution in [0.15, 0.2) is 352 Å². The molecule has 0 amide bonds. The lowest BCUT2D eigenvalue weighted by Crippen LogP contribution is -2.15. The van der Waals surface area contributed by atoms with Crippen molar-refractivity contribution in [2.75, 3.05) is 0 Å². The number of nitrogens with zero attached hydrogens (tertiary/aromatic N) is 8. The fourth-order valence-corrected chi connectivity index (χ4v) is 22.9. The standard InChI is InChI=1S/C116H82N8/c1-113(2)90-38-20-12-30-70(90)80-56-86-74-34-16-24-42-100(74)121(106(86)60-94(80)113)104-48-46-68(54-84(104)78-50-52-117-65-110(78)123-102-44-26-18-36-76(102)88-58-82-72-32-14-22-40-92(72)115(5,6)96(82)62-108(88)123)99-64-98(67-28-10-9-11-29-67)119-112(120-99)69-47-49-105(122-101-43-25-17-35-75(101)87-57-81-71-31-13-21-39-91(71)114(3,4)95(81)61-107(87)122)85(55-69)79-51-53-118-66-111(79)124-103-45-27-19-37-77(103)89-59-83-73-33-15-23-41-93(73)116(7,8)97(83)63-109(89)124/h9-66H,1-8H3. The highest BCUT2D eigenvalue weighted by molar-refractivity contribution is 6.17. The van der Waals surface area contributed by atoms with E-state index in [0.29, 0.717) is 5.82 Å². The van der Waals surface area contributed by atoms with Gasteiger partial charge in [-0.2, -0.15) is 0 Å². The molecule has 8 nitrogen and oxygen atoms in total. The Hall–Kier alpha value is -15.1. The third-order valence-electron chi connectivity index (χ3n) is 29.0. The van der Waals surface area contributed by atoms with Gasteiger partial charge in [-0.1, -0.05) is 262 Å². The molecule has 586 valence electrons. The lowest BCUT2D eigenvalue weighted by Gasteiger charge is -2.23. The second-order valence-electron chi connectivity index (χ2n) is 36.8. The summed E-state index contributed by atoms with van der Waals surface area (Å²) in [6.07, 6.45) is 8.12. The molecular weight excluding hydrogens is 1510 g/mol. The third kappa shape index (κ3) is 9.62. The zero-order valence-corrected chi connectivity index (χ0v) is 70.1. The molecule has 4 aliphatic carbocycles. The molecule has 22 aromatic rings. The van der Waals surface area contributed by atoms with E-state index < -0.39 is 0 Å².